The Balaban J connectivity index is -0.00000112. The molecular weight excluding hydrogens is 299 g/mol. The van der Waals surface area contributed by atoms with Gasteiger partial charge in [-0.25, -0.2) is 0 Å². The lowest BCUT2D eigenvalue weighted by molar-refractivity contribution is -0.145. The van der Waals surface area contributed by atoms with Crippen molar-refractivity contribution < 1.29 is 14.3 Å². The summed E-state index contributed by atoms with van der Waals surface area (Å²) in [6.45, 7) is 1.75. The monoisotopic (exact) mass is 322 g/mol. The quantitative estimate of drug-likeness (QED) is 0.372. The van der Waals surface area contributed by atoms with Gasteiger partial charge < -0.3 is 15.2 Å². The van der Waals surface area contributed by atoms with Crippen molar-refractivity contribution in [2.75, 3.05) is 46.2 Å². The fraction of sp³-hybridized carbons (Fsp3) is 0.900. The molecular formula is C10H24Cl2N2O3S. The second kappa shape index (κ2) is 17.3. The van der Waals surface area contributed by atoms with Gasteiger partial charge in [-0.3, -0.25) is 9.10 Å². The Hall–Kier alpha value is 0.280. The molecule has 0 amide bonds. The Morgan fingerprint density at radius 3 is 2.44 bits per heavy atom. The number of ether oxygens (including phenoxy) is 2. The Kier molecular flexibility index (Phi) is 22.4. The summed E-state index contributed by atoms with van der Waals surface area (Å²) in [6, 6.07) is 0. The van der Waals surface area contributed by atoms with E-state index < -0.39 is 0 Å². The number of nitrogens with two attached hydrogens (primary N) is 1. The maximum Gasteiger partial charge on any atom is 0.305 e. The topological polar surface area (TPSA) is 64.8 Å². The lowest BCUT2D eigenvalue weighted by Gasteiger charge is -2.08. The first kappa shape index (κ1) is 23.4. The summed E-state index contributed by atoms with van der Waals surface area (Å²) < 4.78 is 12.1. The number of carbonyl (C=O) groups excluding carboxylic acids is 1. The zero-order valence-corrected chi connectivity index (χ0v) is 13.4. The molecule has 2 N–H and O–H groups in total. The highest BCUT2D eigenvalue weighted by Gasteiger charge is 2.02. The van der Waals surface area contributed by atoms with Gasteiger partial charge in [-0.1, -0.05) is 11.9 Å². The van der Waals surface area contributed by atoms with Crippen molar-refractivity contribution in [2.45, 2.75) is 12.8 Å². The van der Waals surface area contributed by atoms with Crippen LogP contribution in [0.3, 0.4) is 0 Å². The second-order valence-electron chi connectivity index (χ2n) is 3.37. The minimum atomic E-state index is -0.157. The molecule has 112 valence electrons. The number of nitrogens with zero attached hydrogens (tertiary/aromatic N) is 1. The fourth-order valence-electron chi connectivity index (χ4n) is 0.936. The van der Waals surface area contributed by atoms with Crippen LogP contribution in [-0.4, -0.2) is 56.5 Å². The molecule has 18 heavy (non-hydrogen) atoms. The highest BCUT2D eigenvalue weighted by molar-refractivity contribution is 7.96. The van der Waals surface area contributed by atoms with Crippen LogP contribution in [0.2, 0.25) is 0 Å². The minimum absolute atomic E-state index is 0. The van der Waals surface area contributed by atoms with E-state index in [1.54, 1.807) is 11.9 Å². The van der Waals surface area contributed by atoms with E-state index in [0.717, 1.165) is 12.2 Å². The molecule has 0 aliphatic heterocycles. The first-order valence-corrected chi connectivity index (χ1v) is 6.34. The molecule has 0 fully saturated rings. The Labute approximate surface area is 126 Å². The van der Waals surface area contributed by atoms with Gasteiger partial charge in [-0.05, 0) is 20.5 Å². The molecule has 0 aromatic heterocycles. The zero-order valence-electron chi connectivity index (χ0n) is 10.9. The highest BCUT2D eigenvalue weighted by atomic mass is 35.5. The largest absolute Gasteiger partial charge is 0.463 e. The minimum Gasteiger partial charge on any atom is -0.463 e. The van der Waals surface area contributed by atoms with Crippen molar-refractivity contribution in [1.82, 2.24) is 4.31 Å². The standard InChI is InChI=1S/C10H22N2O3S.2ClH/c1-12(2)16-9-3-4-10(13)15-8-7-14-6-5-11;;/h3-9,11H2,1-2H3;2*1H. The number of halogens is 2. The van der Waals surface area contributed by atoms with Crippen LogP contribution < -0.4 is 5.73 Å². The van der Waals surface area contributed by atoms with Gasteiger partial charge in [-0.2, -0.15) is 0 Å². The third-order valence-corrected chi connectivity index (χ3v) is 2.62. The molecule has 0 saturated heterocycles. The van der Waals surface area contributed by atoms with E-state index in [1.165, 1.54) is 0 Å². The summed E-state index contributed by atoms with van der Waals surface area (Å²) in [5, 5.41) is 0. The van der Waals surface area contributed by atoms with Crippen molar-refractivity contribution in [1.29, 1.82) is 0 Å². The predicted molar refractivity (Wildman–Crippen MR) is 80.7 cm³/mol. The maximum atomic E-state index is 11.2. The molecule has 8 heteroatoms. The second-order valence-corrected chi connectivity index (χ2v) is 4.77. The summed E-state index contributed by atoms with van der Waals surface area (Å²) in [7, 11) is 3.97. The number of rotatable bonds is 10. The van der Waals surface area contributed by atoms with Crippen molar-refractivity contribution >= 4 is 42.7 Å². The van der Waals surface area contributed by atoms with Gasteiger partial charge in [0, 0.05) is 18.7 Å². The van der Waals surface area contributed by atoms with Gasteiger partial charge in [-0.15, -0.1) is 24.8 Å². The molecule has 0 atom stereocenters. The SMILES string of the molecule is CN(C)SCCCC(=O)OCCOCCN.Cl.Cl. The molecule has 0 aromatic rings. The summed E-state index contributed by atoms with van der Waals surface area (Å²) in [5.74, 6) is 0.780. The molecule has 5 nitrogen and oxygen atoms in total. The van der Waals surface area contributed by atoms with Gasteiger partial charge in [0.25, 0.3) is 0 Å². The van der Waals surface area contributed by atoms with Crippen LogP contribution in [0.25, 0.3) is 0 Å². The van der Waals surface area contributed by atoms with E-state index in [-0.39, 0.29) is 30.8 Å². The molecule has 0 saturated carbocycles. The van der Waals surface area contributed by atoms with E-state index in [9.17, 15) is 4.79 Å². The van der Waals surface area contributed by atoms with Gasteiger partial charge in [0.05, 0.1) is 13.2 Å². The molecule has 0 aromatic carbocycles. The maximum absolute atomic E-state index is 11.2. The Morgan fingerprint density at radius 2 is 1.89 bits per heavy atom. The van der Waals surface area contributed by atoms with E-state index in [1.807, 2.05) is 18.4 Å². The molecule has 0 unspecified atom stereocenters. The molecule has 0 aliphatic carbocycles. The van der Waals surface area contributed by atoms with Crippen LogP contribution in [0.4, 0.5) is 0 Å². The fourth-order valence-corrected chi connectivity index (χ4v) is 1.57. The molecule has 0 aliphatic rings. The van der Waals surface area contributed by atoms with Crippen molar-refractivity contribution in [2.24, 2.45) is 5.73 Å². The first-order valence-electron chi connectivity index (χ1n) is 5.40. The number of hydrogen-bond donors (Lipinski definition) is 1. The van der Waals surface area contributed by atoms with Crippen molar-refractivity contribution in [3.63, 3.8) is 0 Å². The molecule has 0 heterocycles. The first-order chi connectivity index (χ1) is 7.66. The Bertz CT molecular complexity index is 189. The van der Waals surface area contributed by atoms with E-state index >= 15 is 0 Å². The smallest absolute Gasteiger partial charge is 0.305 e. The predicted octanol–water partition coefficient (Wildman–Crippen LogP) is 1.34. The molecule has 0 spiro atoms. The van der Waals surface area contributed by atoms with Crippen LogP contribution >= 0.6 is 36.8 Å². The molecule has 0 rings (SSSR count). The highest BCUT2D eigenvalue weighted by Crippen LogP contribution is 2.06. The summed E-state index contributed by atoms with van der Waals surface area (Å²) in [5.41, 5.74) is 5.24. The van der Waals surface area contributed by atoms with Crippen LogP contribution in [0.5, 0.6) is 0 Å². The average Bonchev–Trinajstić information content (AvgIpc) is 2.24. The average molecular weight is 323 g/mol. The van der Waals surface area contributed by atoms with E-state index in [0.29, 0.717) is 32.8 Å². The van der Waals surface area contributed by atoms with E-state index in [2.05, 4.69) is 0 Å². The van der Waals surface area contributed by atoms with Crippen LogP contribution in [0.1, 0.15) is 12.8 Å². The van der Waals surface area contributed by atoms with Gasteiger partial charge in [0.15, 0.2) is 0 Å². The van der Waals surface area contributed by atoms with Gasteiger partial charge >= 0.3 is 5.97 Å². The summed E-state index contributed by atoms with van der Waals surface area (Å²) in [6.07, 6.45) is 1.31. The molecule has 0 bridgehead atoms. The lowest BCUT2D eigenvalue weighted by atomic mass is 10.3. The zero-order chi connectivity index (χ0) is 12.2. The molecule has 0 radical (unpaired) electrons. The Morgan fingerprint density at radius 1 is 1.22 bits per heavy atom. The summed E-state index contributed by atoms with van der Waals surface area (Å²) >= 11 is 1.70. The van der Waals surface area contributed by atoms with Crippen molar-refractivity contribution in [3.05, 3.63) is 0 Å². The van der Waals surface area contributed by atoms with Crippen LogP contribution in [0, 0.1) is 0 Å². The van der Waals surface area contributed by atoms with Gasteiger partial charge in [0.2, 0.25) is 0 Å². The lowest BCUT2D eigenvalue weighted by Crippen LogP contribution is -2.14. The third-order valence-electron chi connectivity index (χ3n) is 1.63. The van der Waals surface area contributed by atoms with Crippen molar-refractivity contribution in [3.8, 4) is 0 Å². The normalized spacial score (nSPS) is 9.56. The van der Waals surface area contributed by atoms with E-state index in [4.69, 9.17) is 15.2 Å². The van der Waals surface area contributed by atoms with Gasteiger partial charge in [0.1, 0.15) is 6.61 Å². The number of hydrogen-bond acceptors (Lipinski definition) is 6. The third kappa shape index (κ3) is 18.6. The number of carbonyl (C=O) groups is 1. The van der Waals surface area contributed by atoms with Crippen LogP contribution in [0.15, 0.2) is 0 Å². The summed E-state index contributed by atoms with van der Waals surface area (Å²) in [4.78, 5) is 11.2. The van der Waals surface area contributed by atoms with Crippen LogP contribution in [-0.2, 0) is 14.3 Å². The number of esters is 1.